The normalized spacial score (nSPS) is 16.0. The van der Waals surface area contributed by atoms with Crippen molar-refractivity contribution in [3.8, 4) is 0 Å². The summed E-state index contributed by atoms with van der Waals surface area (Å²) in [6.07, 6.45) is 3.30. The third-order valence-corrected chi connectivity index (χ3v) is 3.61. The summed E-state index contributed by atoms with van der Waals surface area (Å²) in [5.41, 5.74) is 5.63. The van der Waals surface area contributed by atoms with E-state index in [1.807, 2.05) is 0 Å². The van der Waals surface area contributed by atoms with Crippen molar-refractivity contribution in [1.29, 1.82) is 0 Å². The van der Waals surface area contributed by atoms with Gasteiger partial charge in [-0.15, -0.1) is 12.4 Å². The number of carbonyl (C=O) groups is 1. The van der Waals surface area contributed by atoms with E-state index in [9.17, 15) is 9.59 Å². The number of nitrogens with zero attached hydrogens (tertiary/aromatic N) is 2. The van der Waals surface area contributed by atoms with E-state index in [4.69, 9.17) is 5.73 Å². The number of aromatic nitrogens is 1. The minimum Gasteiger partial charge on any atom is -0.341 e. The van der Waals surface area contributed by atoms with Crippen LogP contribution in [0.15, 0.2) is 27.6 Å². The molecule has 0 aliphatic carbocycles. The van der Waals surface area contributed by atoms with Crippen LogP contribution in [-0.4, -0.2) is 34.5 Å². The zero-order chi connectivity index (χ0) is 13.1. The van der Waals surface area contributed by atoms with E-state index in [0.29, 0.717) is 13.1 Å². The Morgan fingerprint density at radius 3 is 2.63 bits per heavy atom. The van der Waals surface area contributed by atoms with Crippen LogP contribution in [0.4, 0.5) is 0 Å². The van der Waals surface area contributed by atoms with Crippen LogP contribution in [0.25, 0.3) is 0 Å². The van der Waals surface area contributed by atoms with Gasteiger partial charge in [-0.3, -0.25) is 9.59 Å². The summed E-state index contributed by atoms with van der Waals surface area (Å²) < 4.78 is 2.21. The second-order valence-corrected chi connectivity index (χ2v) is 5.45. The first kappa shape index (κ1) is 16.2. The van der Waals surface area contributed by atoms with E-state index >= 15 is 0 Å². The van der Waals surface area contributed by atoms with Gasteiger partial charge in [-0.25, -0.2) is 0 Å². The second kappa shape index (κ2) is 7.07. The van der Waals surface area contributed by atoms with Crippen molar-refractivity contribution >= 4 is 34.2 Å². The maximum atomic E-state index is 12.0. The lowest BCUT2D eigenvalue weighted by Gasteiger charge is -2.30. The molecule has 0 radical (unpaired) electrons. The second-order valence-electron chi connectivity index (χ2n) is 4.53. The van der Waals surface area contributed by atoms with Gasteiger partial charge in [0.25, 0.3) is 5.56 Å². The van der Waals surface area contributed by atoms with Crippen LogP contribution in [0.2, 0.25) is 0 Å². The third-order valence-electron chi connectivity index (χ3n) is 3.15. The van der Waals surface area contributed by atoms with Crippen molar-refractivity contribution in [3.63, 3.8) is 0 Å². The minimum atomic E-state index is -0.166. The number of pyridine rings is 1. The summed E-state index contributed by atoms with van der Waals surface area (Å²) in [5, 5.41) is 0. The first-order chi connectivity index (χ1) is 8.56. The predicted octanol–water partition coefficient (Wildman–Crippen LogP) is 0.982. The van der Waals surface area contributed by atoms with Gasteiger partial charge in [0.2, 0.25) is 5.91 Å². The maximum absolute atomic E-state index is 12.0. The Balaban J connectivity index is 0.00000180. The molecule has 1 saturated heterocycles. The van der Waals surface area contributed by atoms with Gasteiger partial charge in [0, 0.05) is 35.9 Å². The molecule has 2 N–H and O–H groups in total. The average Bonchev–Trinajstić information content (AvgIpc) is 2.34. The molecule has 0 spiro atoms. The van der Waals surface area contributed by atoms with Gasteiger partial charge >= 0.3 is 0 Å². The number of likely N-dealkylation sites (tertiary alicyclic amines) is 1. The van der Waals surface area contributed by atoms with Crippen LogP contribution in [0.3, 0.4) is 0 Å². The summed E-state index contributed by atoms with van der Waals surface area (Å²) in [6, 6.07) is 3.31. The van der Waals surface area contributed by atoms with Gasteiger partial charge in [-0.1, -0.05) is 0 Å². The fourth-order valence-electron chi connectivity index (χ4n) is 2.02. The highest BCUT2D eigenvalue weighted by atomic mass is 79.9. The molecular weight excluding hydrogens is 334 g/mol. The molecule has 19 heavy (non-hydrogen) atoms. The van der Waals surface area contributed by atoms with Crippen LogP contribution in [0.5, 0.6) is 0 Å². The Morgan fingerprint density at radius 2 is 2.00 bits per heavy atom. The van der Waals surface area contributed by atoms with Gasteiger partial charge in [0.15, 0.2) is 0 Å². The fraction of sp³-hybridized carbons (Fsp3) is 0.500. The first-order valence-electron chi connectivity index (χ1n) is 5.95. The number of hydrogen-bond donors (Lipinski definition) is 1. The number of amides is 1. The number of halogens is 2. The molecule has 1 amide bonds. The van der Waals surface area contributed by atoms with E-state index < -0.39 is 0 Å². The Bertz CT molecular complexity index is 498. The lowest BCUT2D eigenvalue weighted by atomic mass is 10.1. The van der Waals surface area contributed by atoms with Crippen LogP contribution >= 0.6 is 28.3 Å². The Labute approximate surface area is 126 Å². The number of nitrogens with two attached hydrogens (primary N) is 1. The Kier molecular flexibility index (Phi) is 6.03. The molecule has 0 saturated carbocycles. The lowest BCUT2D eigenvalue weighted by Crippen LogP contribution is -2.44. The van der Waals surface area contributed by atoms with Gasteiger partial charge in [0.05, 0.1) is 0 Å². The van der Waals surface area contributed by atoms with Crippen molar-refractivity contribution in [3.05, 3.63) is 33.2 Å². The smallest absolute Gasteiger partial charge is 0.251 e. The highest BCUT2D eigenvalue weighted by Gasteiger charge is 2.20. The predicted molar refractivity (Wildman–Crippen MR) is 79.4 cm³/mol. The highest BCUT2D eigenvalue weighted by Crippen LogP contribution is 2.09. The molecule has 2 rings (SSSR count). The molecule has 2 heterocycles. The summed E-state index contributed by atoms with van der Waals surface area (Å²) >= 11 is 3.29. The quantitative estimate of drug-likeness (QED) is 0.864. The monoisotopic (exact) mass is 349 g/mol. The topological polar surface area (TPSA) is 68.3 Å². The molecule has 7 heteroatoms. The van der Waals surface area contributed by atoms with E-state index in [0.717, 1.165) is 17.3 Å². The minimum absolute atomic E-state index is 0. The van der Waals surface area contributed by atoms with Gasteiger partial charge in [0.1, 0.15) is 6.54 Å². The largest absolute Gasteiger partial charge is 0.341 e. The van der Waals surface area contributed by atoms with Crippen LogP contribution in [0.1, 0.15) is 12.8 Å². The van der Waals surface area contributed by atoms with E-state index in [1.54, 1.807) is 17.2 Å². The molecule has 0 aromatic carbocycles. The van der Waals surface area contributed by atoms with Crippen molar-refractivity contribution < 1.29 is 4.79 Å². The third kappa shape index (κ3) is 4.33. The lowest BCUT2D eigenvalue weighted by molar-refractivity contribution is -0.132. The first-order valence-corrected chi connectivity index (χ1v) is 6.75. The maximum Gasteiger partial charge on any atom is 0.251 e. The molecule has 1 aliphatic heterocycles. The molecule has 5 nitrogen and oxygen atoms in total. The van der Waals surface area contributed by atoms with Crippen molar-refractivity contribution in [2.24, 2.45) is 5.73 Å². The molecule has 1 aliphatic rings. The molecule has 0 bridgehead atoms. The van der Waals surface area contributed by atoms with Gasteiger partial charge in [-0.05, 0) is 34.8 Å². The zero-order valence-corrected chi connectivity index (χ0v) is 12.8. The summed E-state index contributed by atoms with van der Waals surface area (Å²) in [7, 11) is 0. The number of hydrogen-bond acceptors (Lipinski definition) is 3. The summed E-state index contributed by atoms with van der Waals surface area (Å²) in [6.45, 7) is 1.46. The number of piperidine rings is 1. The molecule has 0 unspecified atom stereocenters. The molecule has 106 valence electrons. The van der Waals surface area contributed by atoms with Crippen LogP contribution in [0, 0.1) is 0 Å². The van der Waals surface area contributed by atoms with Crippen molar-refractivity contribution in [1.82, 2.24) is 9.47 Å². The molecule has 1 aromatic heterocycles. The summed E-state index contributed by atoms with van der Waals surface area (Å²) in [4.78, 5) is 25.4. The van der Waals surface area contributed by atoms with E-state index in [-0.39, 0.29) is 36.5 Å². The van der Waals surface area contributed by atoms with Crippen molar-refractivity contribution in [2.75, 3.05) is 13.1 Å². The van der Waals surface area contributed by atoms with Crippen LogP contribution < -0.4 is 11.3 Å². The molecule has 0 atom stereocenters. The average molecular weight is 351 g/mol. The Hall–Kier alpha value is -0.850. The summed E-state index contributed by atoms with van der Waals surface area (Å²) in [5.74, 6) is -0.0258. The number of carbonyl (C=O) groups excluding carboxylic acids is 1. The SMILES string of the molecule is Cl.NC1CCN(C(=O)Cn2cc(Br)ccc2=O)CC1. The highest BCUT2D eigenvalue weighted by molar-refractivity contribution is 9.10. The van der Waals surface area contributed by atoms with Gasteiger partial charge in [-0.2, -0.15) is 0 Å². The molecule has 1 fully saturated rings. The standard InChI is InChI=1S/C12H16BrN3O2.ClH/c13-9-1-2-11(17)16(7-9)8-12(18)15-5-3-10(14)4-6-15;/h1-2,7,10H,3-6,8,14H2;1H. The molecular formula is C12H17BrClN3O2. The van der Waals surface area contributed by atoms with Crippen LogP contribution in [-0.2, 0) is 11.3 Å². The molecule has 1 aromatic rings. The number of rotatable bonds is 2. The fourth-order valence-corrected chi connectivity index (χ4v) is 2.40. The van der Waals surface area contributed by atoms with Crippen molar-refractivity contribution in [2.45, 2.75) is 25.4 Å². The van der Waals surface area contributed by atoms with Gasteiger partial charge < -0.3 is 15.2 Å². The Morgan fingerprint density at radius 1 is 1.37 bits per heavy atom. The zero-order valence-electron chi connectivity index (χ0n) is 10.4. The van der Waals surface area contributed by atoms with E-state index in [2.05, 4.69) is 15.9 Å². The van der Waals surface area contributed by atoms with E-state index in [1.165, 1.54) is 10.6 Å².